The van der Waals surface area contributed by atoms with Gasteiger partial charge < -0.3 is 19.5 Å². The van der Waals surface area contributed by atoms with Crippen LogP contribution < -0.4 is 14.8 Å². The van der Waals surface area contributed by atoms with Gasteiger partial charge in [0.15, 0.2) is 6.10 Å². The monoisotopic (exact) mass is 405 g/mol. The fraction of sp³-hybridized carbons (Fsp3) is 0.167. The number of amides is 1. The van der Waals surface area contributed by atoms with Crippen molar-refractivity contribution in [1.29, 1.82) is 0 Å². The van der Waals surface area contributed by atoms with Crippen LogP contribution in [0, 0.1) is 0 Å². The lowest BCUT2D eigenvalue weighted by Crippen LogP contribution is -2.26. The highest BCUT2D eigenvalue weighted by Crippen LogP contribution is 2.18. The predicted molar refractivity (Wildman–Crippen MR) is 114 cm³/mol. The molecule has 0 saturated heterocycles. The molecule has 0 bridgehead atoms. The summed E-state index contributed by atoms with van der Waals surface area (Å²) in [6.45, 7) is 1.81. The van der Waals surface area contributed by atoms with Crippen molar-refractivity contribution in [3.63, 3.8) is 0 Å². The molecule has 0 aliphatic heterocycles. The van der Waals surface area contributed by atoms with Crippen LogP contribution in [0.2, 0.25) is 0 Å². The lowest BCUT2D eigenvalue weighted by molar-refractivity contribution is -0.152. The largest absolute Gasteiger partial charge is 0.497 e. The minimum atomic E-state index is -0.771. The first kappa shape index (κ1) is 20.9. The topological polar surface area (TPSA) is 73.9 Å². The third kappa shape index (κ3) is 5.85. The Labute approximate surface area is 175 Å². The van der Waals surface area contributed by atoms with E-state index < -0.39 is 12.1 Å². The molecule has 154 valence electrons. The van der Waals surface area contributed by atoms with Crippen LogP contribution in [0.5, 0.6) is 11.5 Å². The summed E-state index contributed by atoms with van der Waals surface area (Å²) in [5.41, 5.74) is 2.04. The Morgan fingerprint density at radius 2 is 1.50 bits per heavy atom. The first-order valence-corrected chi connectivity index (χ1v) is 9.48. The van der Waals surface area contributed by atoms with Gasteiger partial charge >= 0.3 is 5.97 Å². The van der Waals surface area contributed by atoms with Crippen molar-refractivity contribution in [2.24, 2.45) is 0 Å². The van der Waals surface area contributed by atoms with Crippen molar-refractivity contribution in [3.05, 3.63) is 90.0 Å². The van der Waals surface area contributed by atoms with E-state index in [4.69, 9.17) is 14.2 Å². The SMILES string of the molecule is COc1ccc(NC(=O)c2ccc(O[C@H](C)C(=O)OCc3ccccc3)cc2)cc1. The van der Waals surface area contributed by atoms with E-state index in [0.717, 1.165) is 5.56 Å². The summed E-state index contributed by atoms with van der Waals surface area (Å²) in [5, 5.41) is 2.81. The molecule has 0 unspecified atom stereocenters. The number of hydrogen-bond donors (Lipinski definition) is 1. The molecule has 30 heavy (non-hydrogen) atoms. The second-order valence-corrected chi connectivity index (χ2v) is 6.56. The smallest absolute Gasteiger partial charge is 0.347 e. The van der Waals surface area contributed by atoms with Gasteiger partial charge in [-0.05, 0) is 61.0 Å². The van der Waals surface area contributed by atoms with Gasteiger partial charge in [0.25, 0.3) is 5.91 Å². The average molecular weight is 405 g/mol. The van der Waals surface area contributed by atoms with Crippen LogP contribution in [0.1, 0.15) is 22.8 Å². The Bertz CT molecular complexity index is 969. The highest BCUT2D eigenvalue weighted by molar-refractivity contribution is 6.04. The Hall–Kier alpha value is -3.80. The van der Waals surface area contributed by atoms with Crippen molar-refractivity contribution < 1.29 is 23.8 Å². The Balaban J connectivity index is 1.51. The molecule has 0 radical (unpaired) electrons. The first-order chi connectivity index (χ1) is 14.5. The molecule has 3 rings (SSSR count). The molecule has 0 heterocycles. The first-order valence-electron chi connectivity index (χ1n) is 9.48. The number of carbonyl (C=O) groups is 2. The second-order valence-electron chi connectivity index (χ2n) is 6.56. The van der Waals surface area contributed by atoms with Gasteiger partial charge in [0, 0.05) is 11.3 Å². The van der Waals surface area contributed by atoms with Crippen molar-refractivity contribution in [2.75, 3.05) is 12.4 Å². The maximum Gasteiger partial charge on any atom is 0.347 e. The average Bonchev–Trinajstić information content (AvgIpc) is 2.79. The summed E-state index contributed by atoms with van der Waals surface area (Å²) >= 11 is 0. The van der Waals surface area contributed by atoms with Crippen LogP contribution in [0.15, 0.2) is 78.9 Å². The van der Waals surface area contributed by atoms with Gasteiger partial charge in [0.2, 0.25) is 0 Å². The van der Waals surface area contributed by atoms with E-state index in [-0.39, 0.29) is 12.5 Å². The van der Waals surface area contributed by atoms with Gasteiger partial charge in [0.1, 0.15) is 18.1 Å². The van der Waals surface area contributed by atoms with Crippen molar-refractivity contribution in [2.45, 2.75) is 19.6 Å². The molecule has 6 heteroatoms. The third-order valence-electron chi connectivity index (χ3n) is 4.33. The highest BCUT2D eigenvalue weighted by atomic mass is 16.6. The summed E-state index contributed by atoms with van der Waals surface area (Å²) in [4.78, 5) is 24.5. The van der Waals surface area contributed by atoms with Gasteiger partial charge in [-0.25, -0.2) is 4.79 Å². The molecule has 0 aliphatic carbocycles. The number of nitrogens with one attached hydrogen (secondary N) is 1. The molecule has 0 aliphatic rings. The zero-order valence-electron chi connectivity index (χ0n) is 16.8. The summed E-state index contributed by atoms with van der Waals surface area (Å²) in [6.07, 6.45) is -0.771. The highest BCUT2D eigenvalue weighted by Gasteiger charge is 2.17. The molecule has 3 aromatic rings. The molecular weight excluding hydrogens is 382 g/mol. The molecule has 3 aromatic carbocycles. The van der Waals surface area contributed by atoms with E-state index >= 15 is 0 Å². The van der Waals surface area contributed by atoms with E-state index in [2.05, 4.69) is 5.32 Å². The number of esters is 1. The molecule has 0 saturated carbocycles. The summed E-state index contributed by atoms with van der Waals surface area (Å²) < 4.78 is 16.0. The number of methoxy groups -OCH3 is 1. The lowest BCUT2D eigenvalue weighted by atomic mass is 10.2. The van der Waals surface area contributed by atoms with Gasteiger partial charge in [0.05, 0.1) is 7.11 Å². The fourth-order valence-corrected chi connectivity index (χ4v) is 2.66. The number of benzene rings is 3. The van der Waals surface area contributed by atoms with E-state index in [1.807, 2.05) is 30.3 Å². The van der Waals surface area contributed by atoms with Gasteiger partial charge in [-0.3, -0.25) is 4.79 Å². The van der Waals surface area contributed by atoms with Crippen molar-refractivity contribution in [3.8, 4) is 11.5 Å². The molecule has 1 amide bonds. The number of rotatable bonds is 8. The van der Waals surface area contributed by atoms with Crippen LogP contribution in [-0.2, 0) is 16.1 Å². The fourth-order valence-electron chi connectivity index (χ4n) is 2.66. The van der Waals surface area contributed by atoms with Crippen LogP contribution >= 0.6 is 0 Å². The molecule has 0 fully saturated rings. The van der Waals surface area contributed by atoms with Gasteiger partial charge in [-0.15, -0.1) is 0 Å². The lowest BCUT2D eigenvalue weighted by Gasteiger charge is -2.14. The van der Waals surface area contributed by atoms with E-state index in [1.54, 1.807) is 62.6 Å². The van der Waals surface area contributed by atoms with Crippen LogP contribution in [0.4, 0.5) is 5.69 Å². The zero-order valence-corrected chi connectivity index (χ0v) is 16.8. The Morgan fingerprint density at radius 1 is 0.867 bits per heavy atom. The quantitative estimate of drug-likeness (QED) is 0.560. The molecule has 6 nitrogen and oxygen atoms in total. The molecule has 0 spiro atoms. The summed E-state index contributed by atoms with van der Waals surface area (Å²) in [7, 11) is 1.58. The maximum absolute atomic E-state index is 12.4. The Kier molecular flexibility index (Phi) is 7.05. The predicted octanol–water partition coefficient (Wildman–Crippen LogP) is 4.46. The minimum absolute atomic E-state index is 0.192. The van der Waals surface area contributed by atoms with Crippen molar-refractivity contribution in [1.82, 2.24) is 0 Å². The van der Waals surface area contributed by atoms with Crippen LogP contribution in [0.25, 0.3) is 0 Å². The van der Waals surface area contributed by atoms with Gasteiger partial charge in [-0.2, -0.15) is 0 Å². The van der Waals surface area contributed by atoms with E-state index in [0.29, 0.717) is 22.7 Å². The standard InChI is InChI=1S/C24H23NO5/c1-17(24(27)29-16-18-6-4-3-5-7-18)30-22-12-8-19(9-13-22)23(26)25-20-10-14-21(28-2)15-11-20/h3-15,17H,16H2,1-2H3,(H,25,26)/t17-/m1/s1. The van der Waals surface area contributed by atoms with Gasteiger partial charge in [-0.1, -0.05) is 30.3 Å². The maximum atomic E-state index is 12.4. The minimum Gasteiger partial charge on any atom is -0.497 e. The molecular formula is C24H23NO5. The van der Waals surface area contributed by atoms with E-state index in [9.17, 15) is 9.59 Å². The van der Waals surface area contributed by atoms with E-state index in [1.165, 1.54) is 0 Å². The van der Waals surface area contributed by atoms with Crippen LogP contribution in [-0.4, -0.2) is 25.1 Å². The number of hydrogen-bond acceptors (Lipinski definition) is 5. The normalized spacial score (nSPS) is 11.3. The zero-order chi connectivity index (χ0) is 21.3. The number of anilines is 1. The summed E-state index contributed by atoms with van der Waals surface area (Å²) in [6, 6.07) is 23.1. The number of carbonyl (C=O) groups excluding carboxylic acids is 2. The Morgan fingerprint density at radius 3 is 2.13 bits per heavy atom. The molecule has 1 atom stereocenters. The van der Waals surface area contributed by atoms with Crippen LogP contribution in [0.3, 0.4) is 0 Å². The number of ether oxygens (including phenoxy) is 3. The third-order valence-corrected chi connectivity index (χ3v) is 4.33. The summed E-state index contributed by atoms with van der Waals surface area (Å²) in [5.74, 6) is 0.480. The van der Waals surface area contributed by atoms with Crippen molar-refractivity contribution >= 4 is 17.6 Å². The second kappa shape index (κ2) is 10.1. The molecule has 1 N–H and O–H groups in total. The molecule has 0 aromatic heterocycles.